The normalized spacial score (nSPS) is 16.9. The Kier molecular flexibility index (Phi) is 5.03. The second-order valence-electron chi connectivity index (χ2n) is 6.85. The standard InChI is InChI=1S/C20H21NO5S/c22-18(12-24-19(23)10-14-6-9-27-13-14)21-15-4-5-16-17(11-15)26-20(25-16)7-2-1-3-8-20/h4-6,9,11,13H,1-3,7-8,10,12H2,(H,21,22). The van der Waals surface area contributed by atoms with Crippen molar-refractivity contribution in [3.8, 4) is 11.5 Å². The molecule has 0 radical (unpaired) electrons. The summed E-state index contributed by atoms with van der Waals surface area (Å²) in [4.78, 5) is 23.8. The van der Waals surface area contributed by atoms with Gasteiger partial charge in [-0.15, -0.1) is 0 Å². The van der Waals surface area contributed by atoms with E-state index in [0.717, 1.165) is 31.2 Å². The SMILES string of the molecule is O=C(COC(=O)Cc1ccsc1)Nc1ccc2c(c1)OC1(CCCCC1)O2. The van der Waals surface area contributed by atoms with Gasteiger partial charge in [0.15, 0.2) is 18.1 Å². The van der Waals surface area contributed by atoms with Crippen LogP contribution in [0.4, 0.5) is 5.69 Å². The van der Waals surface area contributed by atoms with E-state index in [1.54, 1.807) is 18.2 Å². The van der Waals surface area contributed by atoms with Crippen LogP contribution in [0.2, 0.25) is 0 Å². The predicted molar refractivity (Wildman–Crippen MR) is 101 cm³/mol. The maximum Gasteiger partial charge on any atom is 0.310 e. The highest BCUT2D eigenvalue weighted by atomic mass is 32.1. The summed E-state index contributed by atoms with van der Waals surface area (Å²) in [5, 5.41) is 6.50. The second kappa shape index (κ2) is 7.60. The number of nitrogens with one attached hydrogen (secondary N) is 1. The van der Waals surface area contributed by atoms with Gasteiger partial charge >= 0.3 is 5.97 Å². The first-order valence-electron chi connectivity index (χ1n) is 9.11. The van der Waals surface area contributed by atoms with Crippen molar-refractivity contribution in [2.24, 2.45) is 0 Å². The van der Waals surface area contributed by atoms with Crippen LogP contribution in [0.3, 0.4) is 0 Å². The number of esters is 1. The summed E-state index contributed by atoms with van der Waals surface area (Å²) in [6.07, 6.45) is 5.32. The van der Waals surface area contributed by atoms with E-state index in [1.165, 1.54) is 17.8 Å². The molecule has 1 spiro atoms. The zero-order valence-corrected chi connectivity index (χ0v) is 15.7. The van der Waals surface area contributed by atoms with Crippen LogP contribution in [0.5, 0.6) is 11.5 Å². The Labute approximate surface area is 161 Å². The maximum atomic E-state index is 12.1. The minimum atomic E-state index is -0.541. The lowest BCUT2D eigenvalue weighted by molar-refractivity contribution is -0.146. The lowest BCUT2D eigenvalue weighted by Gasteiger charge is -2.31. The third-order valence-corrected chi connectivity index (χ3v) is 5.46. The van der Waals surface area contributed by atoms with Gasteiger partial charge in [0.2, 0.25) is 0 Å². The van der Waals surface area contributed by atoms with Crippen LogP contribution >= 0.6 is 11.3 Å². The van der Waals surface area contributed by atoms with Gasteiger partial charge in [-0.1, -0.05) is 6.42 Å². The largest absolute Gasteiger partial charge is 0.455 e. The van der Waals surface area contributed by atoms with Crippen molar-refractivity contribution < 1.29 is 23.8 Å². The lowest BCUT2D eigenvalue weighted by Crippen LogP contribution is -2.40. The summed E-state index contributed by atoms with van der Waals surface area (Å²) in [7, 11) is 0. The molecule has 2 heterocycles. The fourth-order valence-electron chi connectivity index (χ4n) is 3.42. The summed E-state index contributed by atoms with van der Waals surface area (Å²) in [5.41, 5.74) is 1.47. The third-order valence-electron chi connectivity index (χ3n) is 4.73. The molecule has 1 aromatic heterocycles. The number of fused-ring (bicyclic) bond motifs is 1. The monoisotopic (exact) mass is 387 g/mol. The first-order chi connectivity index (χ1) is 13.1. The van der Waals surface area contributed by atoms with Gasteiger partial charge < -0.3 is 19.5 Å². The number of hydrogen-bond donors (Lipinski definition) is 1. The van der Waals surface area contributed by atoms with Crippen molar-refractivity contribution in [2.45, 2.75) is 44.3 Å². The van der Waals surface area contributed by atoms with Crippen molar-refractivity contribution in [3.63, 3.8) is 0 Å². The van der Waals surface area contributed by atoms with Gasteiger partial charge in [-0.2, -0.15) is 11.3 Å². The van der Waals surface area contributed by atoms with Crippen LogP contribution in [-0.4, -0.2) is 24.3 Å². The zero-order chi connectivity index (χ0) is 18.7. The number of carbonyl (C=O) groups is 2. The van der Waals surface area contributed by atoms with Gasteiger partial charge in [-0.05, 0) is 47.4 Å². The molecular weight excluding hydrogens is 366 g/mol. The topological polar surface area (TPSA) is 73.9 Å². The molecule has 1 aromatic carbocycles. The van der Waals surface area contributed by atoms with Crippen LogP contribution in [0.1, 0.15) is 37.7 Å². The zero-order valence-electron chi connectivity index (χ0n) is 14.9. The average molecular weight is 387 g/mol. The molecule has 7 heteroatoms. The number of benzene rings is 1. The van der Waals surface area contributed by atoms with Crippen molar-refractivity contribution >= 4 is 28.9 Å². The molecule has 1 saturated carbocycles. The van der Waals surface area contributed by atoms with Gasteiger partial charge in [0.25, 0.3) is 11.7 Å². The number of ether oxygens (including phenoxy) is 3. The molecule has 1 N–H and O–H groups in total. The quantitative estimate of drug-likeness (QED) is 0.788. The summed E-state index contributed by atoms with van der Waals surface area (Å²) in [5.74, 6) is -0.00457. The van der Waals surface area contributed by atoms with E-state index in [1.807, 2.05) is 16.8 Å². The molecule has 2 aliphatic rings. The van der Waals surface area contributed by atoms with Crippen molar-refractivity contribution in [1.82, 2.24) is 0 Å². The van der Waals surface area contributed by atoms with Crippen molar-refractivity contribution in [3.05, 3.63) is 40.6 Å². The highest BCUT2D eigenvalue weighted by Gasteiger charge is 2.42. The molecule has 2 aromatic rings. The Bertz CT molecular complexity index is 827. The average Bonchev–Trinajstić information content (AvgIpc) is 3.27. The lowest BCUT2D eigenvalue weighted by atomic mass is 9.94. The van der Waals surface area contributed by atoms with Gasteiger partial charge in [-0.25, -0.2) is 0 Å². The molecule has 0 saturated heterocycles. The second-order valence-corrected chi connectivity index (χ2v) is 7.63. The molecule has 0 atom stereocenters. The van der Waals surface area contributed by atoms with E-state index in [4.69, 9.17) is 14.2 Å². The highest BCUT2D eigenvalue weighted by molar-refractivity contribution is 7.08. The number of rotatable bonds is 5. The van der Waals surface area contributed by atoms with Crippen LogP contribution in [0.15, 0.2) is 35.0 Å². The van der Waals surface area contributed by atoms with Gasteiger partial charge in [-0.3, -0.25) is 9.59 Å². The van der Waals surface area contributed by atoms with E-state index in [0.29, 0.717) is 17.2 Å². The van der Waals surface area contributed by atoms with E-state index >= 15 is 0 Å². The molecule has 0 bridgehead atoms. The molecule has 1 aliphatic carbocycles. The first-order valence-corrected chi connectivity index (χ1v) is 10.0. The molecule has 1 amide bonds. The number of carbonyl (C=O) groups excluding carboxylic acids is 2. The predicted octanol–water partition coefficient (Wildman–Crippen LogP) is 3.90. The summed E-state index contributed by atoms with van der Waals surface area (Å²) in [6.45, 7) is -0.318. The van der Waals surface area contributed by atoms with Crippen LogP contribution in [0.25, 0.3) is 0 Å². The van der Waals surface area contributed by atoms with Crippen molar-refractivity contribution in [1.29, 1.82) is 0 Å². The van der Waals surface area contributed by atoms with E-state index < -0.39 is 11.8 Å². The van der Waals surface area contributed by atoms with Gasteiger partial charge in [0, 0.05) is 24.6 Å². The molecule has 1 fully saturated rings. The highest BCUT2D eigenvalue weighted by Crippen LogP contribution is 2.46. The Balaban J connectivity index is 1.29. The molecular formula is C20H21NO5S. The van der Waals surface area contributed by atoms with Crippen LogP contribution in [-0.2, 0) is 20.7 Å². The van der Waals surface area contributed by atoms with E-state index in [2.05, 4.69) is 5.32 Å². The number of amides is 1. The Morgan fingerprint density at radius 1 is 1.11 bits per heavy atom. The summed E-state index contributed by atoms with van der Waals surface area (Å²) >= 11 is 1.52. The van der Waals surface area contributed by atoms with E-state index in [9.17, 15) is 9.59 Å². The Morgan fingerprint density at radius 2 is 1.93 bits per heavy atom. The molecule has 4 rings (SSSR count). The fraction of sp³-hybridized carbons (Fsp3) is 0.400. The summed E-state index contributed by atoms with van der Waals surface area (Å²) < 4.78 is 17.1. The van der Waals surface area contributed by atoms with Gasteiger partial charge in [0.1, 0.15) is 0 Å². The minimum absolute atomic E-state index is 0.170. The Hall–Kier alpha value is -2.54. The first kappa shape index (κ1) is 17.9. The molecule has 142 valence electrons. The van der Waals surface area contributed by atoms with Crippen LogP contribution < -0.4 is 14.8 Å². The maximum absolute atomic E-state index is 12.1. The van der Waals surface area contributed by atoms with Gasteiger partial charge in [0.05, 0.1) is 6.42 Å². The summed E-state index contributed by atoms with van der Waals surface area (Å²) in [6, 6.07) is 7.17. The third kappa shape index (κ3) is 4.24. The van der Waals surface area contributed by atoms with E-state index in [-0.39, 0.29) is 18.9 Å². The number of anilines is 1. The number of thiophene rings is 1. The van der Waals surface area contributed by atoms with Crippen LogP contribution in [0, 0.1) is 0 Å². The number of hydrogen-bond acceptors (Lipinski definition) is 6. The minimum Gasteiger partial charge on any atom is -0.455 e. The Morgan fingerprint density at radius 3 is 2.70 bits per heavy atom. The molecule has 6 nitrogen and oxygen atoms in total. The van der Waals surface area contributed by atoms with Crippen molar-refractivity contribution in [2.75, 3.05) is 11.9 Å². The molecule has 0 unspecified atom stereocenters. The smallest absolute Gasteiger partial charge is 0.310 e. The fourth-order valence-corrected chi connectivity index (χ4v) is 4.09. The molecule has 27 heavy (non-hydrogen) atoms. The molecule has 1 aliphatic heterocycles.